The molecule has 0 unspecified atom stereocenters. The smallest absolute Gasteiger partial charge is 0.277 e. The molecule has 3 aromatic rings. The van der Waals surface area contributed by atoms with Crippen LogP contribution in [0.3, 0.4) is 0 Å². The second-order valence-corrected chi connectivity index (χ2v) is 6.96. The number of carbonyl (C=O) groups excluding carboxylic acids is 2. The second-order valence-electron chi connectivity index (χ2n) is 6.96. The fraction of sp³-hybridized carbons (Fsp3) is 0.227. The summed E-state index contributed by atoms with van der Waals surface area (Å²) in [5.41, 5.74) is 0.953. The molecule has 3 rings (SSSR count). The molecular formula is C22H21FN4O3. The minimum Gasteiger partial charge on any atom is -0.320 e. The van der Waals surface area contributed by atoms with Crippen LogP contribution < -0.4 is 10.9 Å². The topological polar surface area (TPSA) is 93.9 Å². The summed E-state index contributed by atoms with van der Waals surface area (Å²) in [6, 6.07) is 6.86. The average molecular weight is 408 g/mol. The first kappa shape index (κ1) is 21.0. The molecule has 154 valence electrons. The Labute approximate surface area is 172 Å². The Morgan fingerprint density at radius 1 is 1.10 bits per heavy atom. The molecule has 1 N–H and O–H groups in total. The van der Waals surface area contributed by atoms with Gasteiger partial charge >= 0.3 is 0 Å². The van der Waals surface area contributed by atoms with Crippen LogP contribution in [-0.2, 0) is 11.3 Å². The summed E-state index contributed by atoms with van der Waals surface area (Å²) in [6.07, 6.45) is 6.28. The van der Waals surface area contributed by atoms with Crippen molar-refractivity contribution in [3.8, 4) is 0 Å². The Hall–Kier alpha value is -3.68. The number of benzene rings is 1. The maximum Gasteiger partial charge on any atom is 0.277 e. The predicted octanol–water partition coefficient (Wildman–Crippen LogP) is 3.04. The molecule has 0 aliphatic carbocycles. The number of anilines is 1. The zero-order valence-electron chi connectivity index (χ0n) is 16.6. The quantitative estimate of drug-likeness (QED) is 0.607. The maximum atomic E-state index is 13.1. The van der Waals surface area contributed by atoms with Gasteiger partial charge in [0.05, 0.1) is 19.1 Å². The number of ketones is 1. The van der Waals surface area contributed by atoms with Crippen molar-refractivity contribution < 1.29 is 14.0 Å². The van der Waals surface area contributed by atoms with Gasteiger partial charge in [-0.15, -0.1) is 0 Å². The van der Waals surface area contributed by atoms with Gasteiger partial charge in [0.2, 0.25) is 5.91 Å². The maximum absolute atomic E-state index is 13.1. The molecule has 30 heavy (non-hydrogen) atoms. The van der Waals surface area contributed by atoms with Crippen molar-refractivity contribution in [1.82, 2.24) is 14.5 Å². The number of pyridine rings is 1. The van der Waals surface area contributed by atoms with Gasteiger partial charge in [0.15, 0.2) is 5.78 Å². The third-order valence-corrected chi connectivity index (χ3v) is 4.74. The highest BCUT2D eigenvalue weighted by atomic mass is 19.1. The molecule has 0 aliphatic rings. The van der Waals surface area contributed by atoms with E-state index in [0.29, 0.717) is 23.1 Å². The fourth-order valence-corrected chi connectivity index (χ4v) is 2.75. The number of carbonyl (C=O) groups is 2. The van der Waals surface area contributed by atoms with Crippen LogP contribution in [0.2, 0.25) is 0 Å². The third-order valence-electron chi connectivity index (χ3n) is 4.74. The highest BCUT2D eigenvalue weighted by Gasteiger charge is 2.14. The van der Waals surface area contributed by atoms with Gasteiger partial charge in [-0.05, 0) is 42.3 Å². The standard InChI is InChI=1S/C22H21FN4O3/c1-3-14(2)21(29)26-19-11-25-13-27(22(19)30)12-15-8-17(10-24-9-15)20(28)16-4-6-18(23)7-5-16/h4-11,13-14H,3,12H2,1-2H3,(H,26,29)/t14-/m1/s1. The Bertz CT molecular complexity index is 1130. The summed E-state index contributed by atoms with van der Waals surface area (Å²) < 4.78 is 14.4. The molecule has 8 heteroatoms. The molecule has 2 heterocycles. The van der Waals surface area contributed by atoms with E-state index < -0.39 is 11.4 Å². The van der Waals surface area contributed by atoms with Crippen LogP contribution in [-0.4, -0.2) is 26.2 Å². The van der Waals surface area contributed by atoms with Gasteiger partial charge in [-0.3, -0.25) is 23.9 Å². The lowest BCUT2D eigenvalue weighted by Crippen LogP contribution is -2.28. The average Bonchev–Trinajstić information content (AvgIpc) is 2.76. The van der Waals surface area contributed by atoms with Gasteiger partial charge in [-0.25, -0.2) is 9.37 Å². The van der Waals surface area contributed by atoms with E-state index in [1.165, 1.54) is 53.8 Å². The number of amides is 1. The number of halogens is 1. The number of aromatic nitrogens is 3. The molecule has 1 aromatic carbocycles. The van der Waals surface area contributed by atoms with E-state index in [0.717, 1.165) is 0 Å². The van der Waals surface area contributed by atoms with Gasteiger partial charge in [0.1, 0.15) is 11.5 Å². The number of nitrogens with zero attached hydrogens (tertiary/aromatic N) is 3. The van der Waals surface area contributed by atoms with E-state index in [4.69, 9.17) is 0 Å². The zero-order chi connectivity index (χ0) is 21.7. The van der Waals surface area contributed by atoms with Crippen LogP contribution in [0.25, 0.3) is 0 Å². The van der Waals surface area contributed by atoms with Gasteiger partial charge in [0.25, 0.3) is 5.56 Å². The summed E-state index contributed by atoms with van der Waals surface area (Å²) in [6.45, 7) is 3.79. The van der Waals surface area contributed by atoms with Crippen LogP contribution in [0.15, 0.2) is 60.0 Å². The van der Waals surface area contributed by atoms with Crippen molar-refractivity contribution in [3.05, 3.63) is 88.1 Å². The zero-order valence-corrected chi connectivity index (χ0v) is 16.6. The SMILES string of the molecule is CC[C@@H](C)C(=O)Nc1cncn(Cc2cncc(C(=O)c3ccc(F)cc3)c2)c1=O. The van der Waals surface area contributed by atoms with Crippen LogP contribution in [0, 0.1) is 11.7 Å². The van der Waals surface area contributed by atoms with Crippen LogP contribution in [0.1, 0.15) is 41.8 Å². The van der Waals surface area contributed by atoms with E-state index in [-0.39, 0.29) is 29.8 Å². The molecule has 7 nitrogen and oxygen atoms in total. The Morgan fingerprint density at radius 2 is 1.83 bits per heavy atom. The lowest BCUT2D eigenvalue weighted by Gasteiger charge is -2.11. The number of hydrogen-bond acceptors (Lipinski definition) is 5. The molecule has 0 aliphatic heterocycles. The monoisotopic (exact) mass is 408 g/mol. The van der Waals surface area contributed by atoms with Crippen LogP contribution in [0.5, 0.6) is 0 Å². The molecule has 1 atom stereocenters. The minimum absolute atomic E-state index is 0.0919. The first-order chi connectivity index (χ1) is 14.4. The van der Waals surface area contributed by atoms with Gasteiger partial charge < -0.3 is 5.32 Å². The lowest BCUT2D eigenvalue weighted by molar-refractivity contribution is -0.119. The van der Waals surface area contributed by atoms with Crippen molar-refractivity contribution in [1.29, 1.82) is 0 Å². The molecule has 1 amide bonds. The first-order valence-corrected chi connectivity index (χ1v) is 9.48. The van der Waals surface area contributed by atoms with Crippen molar-refractivity contribution >= 4 is 17.4 Å². The van der Waals surface area contributed by atoms with Crippen molar-refractivity contribution in [2.45, 2.75) is 26.8 Å². The lowest BCUT2D eigenvalue weighted by atomic mass is 10.0. The molecule has 0 bridgehead atoms. The third kappa shape index (κ3) is 4.83. The minimum atomic E-state index is -0.425. The summed E-state index contributed by atoms with van der Waals surface area (Å²) in [7, 11) is 0. The summed E-state index contributed by atoms with van der Waals surface area (Å²) in [5.74, 6) is -1.20. The van der Waals surface area contributed by atoms with Crippen molar-refractivity contribution in [3.63, 3.8) is 0 Å². The molecule has 2 aromatic heterocycles. The normalized spacial score (nSPS) is 11.7. The van der Waals surface area contributed by atoms with Gasteiger partial charge in [-0.1, -0.05) is 13.8 Å². The molecule has 0 saturated heterocycles. The summed E-state index contributed by atoms with van der Waals surface area (Å²) in [4.78, 5) is 45.5. The van der Waals surface area contributed by atoms with Crippen LogP contribution >= 0.6 is 0 Å². The summed E-state index contributed by atoms with van der Waals surface area (Å²) >= 11 is 0. The Kier molecular flexibility index (Phi) is 6.46. The van der Waals surface area contributed by atoms with Gasteiger partial charge in [-0.2, -0.15) is 0 Å². The molecule has 0 saturated carbocycles. The number of hydrogen-bond donors (Lipinski definition) is 1. The van der Waals surface area contributed by atoms with Crippen molar-refractivity contribution in [2.75, 3.05) is 5.32 Å². The van der Waals surface area contributed by atoms with Gasteiger partial charge in [0, 0.05) is 29.4 Å². The molecule has 0 fully saturated rings. The molecule has 0 spiro atoms. The van der Waals surface area contributed by atoms with E-state index in [9.17, 15) is 18.8 Å². The Balaban J connectivity index is 1.82. The summed E-state index contributed by atoms with van der Waals surface area (Å²) in [5, 5.41) is 2.61. The van der Waals surface area contributed by atoms with Crippen LogP contribution in [0.4, 0.5) is 10.1 Å². The largest absolute Gasteiger partial charge is 0.320 e. The number of rotatable bonds is 7. The predicted molar refractivity (Wildman–Crippen MR) is 110 cm³/mol. The molecular weight excluding hydrogens is 387 g/mol. The highest BCUT2D eigenvalue weighted by molar-refractivity contribution is 6.08. The first-order valence-electron chi connectivity index (χ1n) is 9.48. The molecule has 0 radical (unpaired) electrons. The Morgan fingerprint density at radius 3 is 2.53 bits per heavy atom. The fourth-order valence-electron chi connectivity index (χ4n) is 2.75. The van der Waals surface area contributed by atoms with E-state index >= 15 is 0 Å². The van der Waals surface area contributed by atoms with E-state index in [1.807, 2.05) is 6.92 Å². The van der Waals surface area contributed by atoms with E-state index in [2.05, 4.69) is 15.3 Å². The van der Waals surface area contributed by atoms with Crippen molar-refractivity contribution in [2.24, 2.45) is 5.92 Å². The highest BCUT2D eigenvalue weighted by Crippen LogP contribution is 2.12. The second kappa shape index (κ2) is 9.21. The number of nitrogens with one attached hydrogen (secondary N) is 1. The van der Waals surface area contributed by atoms with E-state index in [1.54, 1.807) is 13.0 Å².